The van der Waals surface area contributed by atoms with Crippen LogP contribution in [0.1, 0.15) is 12.5 Å². The van der Waals surface area contributed by atoms with E-state index in [4.69, 9.17) is 18.9 Å². The highest BCUT2D eigenvalue weighted by Gasteiger charge is 2.17. The van der Waals surface area contributed by atoms with Crippen molar-refractivity contribution in [2.24, 2.45) is 4.99 Å². The molecule has 0 saturated heterocycles. The molecule has 34 heavy (non-hydrogen) atoms. The molecule has 0 atom stereocenters. The van der Waals surface area contributed by atoms with Gasteiger partial charge in [0, 0.05) is 12.1 Å². The number of nitrogens with zero attached hydrogens (tertiary/aromatic N) is 2. The van der Waals surface area contributed by atoms with Gasteiger partial charge in [-0.2, -0.15) is 4.99 Å². The van der Waals surface area contributed by atoms with Gasteiger partial charge in [-0.25, -0.2) is 8.78 Å². The monoisotopic (exact) mass is 492 g/mol. The number of esters is 1. The van der Waals surface area contributed by atoms with E-state index in [2.05, 4.69) is 4.99 Å². The SMILES string of the molecule is CCOC(=O)Cn1c(=NC(=O)/C=C\c2cc(OC)c(OC)c(OC)c2)sc2cc(F)cc(F)c21. The molecule has 0 spiro atoms. The minimum atomic E-state index is -0.877. The van der Waals surface area contributed by atoms with Gasteiger partial charge in [-0.1, -0.05) is 11.3 Å². The normalized spacial score (nSPS) is 11.8. The van der Waals surface area contributed by atoms with Crippen LogP contribution in [0.4, 0.5) is 8.78 Å². The summed E-state index contributed by atoms with van der Waals surface area (Å²) in [6, 6.07) is 5.10. The average molecular weight is 493 g/mol. The second-order valence-corrected chi connectivity index (χ2v) is 7.76. The number of carbonyl (C=O) groups is 2. The quantitative estimate of drug-likeness (QED) is 0.352. The Hall–Kier alpha value is -3.73. The predicted molar refractivity (Wildman–Crippen MR) is 122 cm³/mol. The molecular weight excluding hydrogens is 470 g/mol. The molecule has 1 amide bonds. The molecule has 0 unspecified atom stereocenters. The number of rotatable bonds is 8. The average Bonchev–Trinajstić information content (AvgIpc) is 3.13. The van der Waals surface area contributed by atoms with Crippen molar-refractivity contribution >= 4 is 39.5 Å². The molecule has 1 heterocycles. The predicted octanol–water partition coefficient (Wildman–Crippen LogP) is 3.71. The fraction of sp³-hybridized carbons (Fsp3) is 0.261. The Labute approximate surface area is 197 Å². The third-order valence-corrected chi connectivity index (χ3v) is 5.62. The van der Waals surface area contributed by atoms with Crippen LogP contribution in [0.15, 0.2) is 35.3 Å². The Balaban J connectivity index is 2.02. The van der Waals surface area contributed by atoms with Gasteiger partial charge in [0.1, 0.15) is 12.4 Å². The van der Waals surface area contributed by atoms with E-state index in [-0.39, 0.29) is 28.2 Å². The van der Waals surface area contributed by atoms with Gasteiger partial charge in [-0.3, -0.25) is 9.59 Å². The van der Waals surface area contributed by atoms with E-state index in [0.29, 0.717) is 28.9 Å². The summed E-state index contributed by atoms with van der Waals surface area (Å²) in [5, 5.41) is 0. The first-order valence-corrected chi connectivity index (χ1v) is 10.8. The summed E-state index contributed by atoms with van der Waals surface area (Å²) in [6.07, 6.45) is 2.68. The minimum Gasteiger partial charge on any atom is -0.493 e. The lowest BCUT2D eigenvalue weighted by Gasteiger charge is -2.12. The third kappa shape index (κ3) is 5.42. The van der Waals surface area contributed by atoms with Crippen molar-refractivity contribution in [3.8, 4) is 17.2 Å². The molecule has 8 nitrogen and oxygen atoms in total. The lowest BCUT2D eigenvalue weighted by molar-refractivity contribution is -0.143. The number of hydrogen-bond acceptors (Lipinski definition) is 7. The van der Waals surface area contributed by atoms with Gasteiger partial charge >= 0.3 is 5.97 Å². The van der Waals surface area contributed by atoms with Crippen LogP contribution in [0.2, 0.25) is 0 Å². The molecule has 0 aliphatic heterocycles. The van der Waals surface area contributed by atoms with Crippen molar-refractivity contribution in [1.82, 2.24) is 4.57 Å². The van der Waals surface area contributed by atoms with Gasteiger partial charge in [0.05, 0.1) is 38.2 Å². The highest BCUT2D eigenvalue weighted by molar-refractivity contribution is 7.16. The van der Waals surface area contributed by atoms with Gasteiger partial charge < -0.3 is 23.5 Å². The van der Waals surface area contributed by atoms with Crippen LogP contribution in [0.25, 0.3) is 16.3 Å². The van der Waals surface area contributed by atoms with Crippen molar-refractivity contribution in [3.63, 3.8) is 0 Å². The molecule has 0 fully saturated rings. The topological polar surface area (TPSA) is 88.4 Å². The molecule has 3 rings (SSSR count). The molecule has 0 N–H and O–H groups in total. The van der Waals surface area contributed by atoms with Crippen LogP contribution in [0.5, 0.6) is 17.2 Å². The number of carbonyl (C=O) groups excluding carboxylic acids is 2. The van der Waals surface area contributed by atoms with Gasteiger partial charge in [0.15, 0.2) is 22.1 Å². The largest absolute Gasteiger partial charge is 0.493 e. The summed E-state index contributed by atoms with van der Waals surface area (Å²) in [6.45, 7) is 1.37. The number of halogens is 2. The van der Waals surface area contributed by atoms with E-state index < -0.39 is 23.5 Å². The number of thiazole rings is 1. The van der Waals surface area contributed by atoms with Crippen LogP contribution in [-0.2, 0) is 20.9 Å². The lowest BCUT2D eigenvalue weighted by Crippen LogP contribution is -2.23. The first kappa shape index (κ1) is 24.9. The third-order valence-electron chi connectivity index (χ3n) is 4.60. The van der Waals surface area contributed by atoms with Crippen LogP contribution >= 0.6 is 11.3 Å². The zero-order chi connectivity index (χ0) is 24.8. The summed E-state index contributed by atoms with van der Waals surface area (Å²) < 4.78 is 50.4. The van der Waals surface area contributed by atoms with Crippen molar-refractivity contribution in [2.75, 3.05) is 27.9 Å². The van der Waals surface area contributed by atoms with Crippen LogP contribution < -0.4 is 19.0 Å². The van der Waals surface area contributed by atoms with Gasteiger partial charge in [0.2, 0.25) is 5.75 Å². The summed E-state index contributed by atoms with van der Waals surface area (Å²) in [4.78, 5) is 28.6. The number of methoxy groups -OCH3 is 3. The molecule has 1 aromatic heterocycles. The van der Waals surface area contributed by atoms with E-state index >= 15 is 0 Å². The maximum absolute atomic E-state index is 14.5. The van der Waals surface area contributed by atoms with Crippen molar-refractivity contribution in [3.05, 3.63) is 52.3 Å². The Morgan fingerprint density at radius 2 is 1.74 bits per heavy atom. The van der Waals surface area contributed by atoms with E-state index in [1.54, 1.807) is 19.1 Å². The van der Waals surface area contributed by atoms with E-state index in [0.717, 1.165) is 17.4 Å². The fourth-order valence-corrected chi connectivity index (χ4v) is 4.27. The van der Waals surface area contributed by atoms with Crippen LogP contribution in [-0.4, -0.2) is 44.4 Å². The van der Waals surface area contributed by atoms with Crippen LogP contribution in [0, 0.1) is 11.6 Å². The molecular formula is C23H22F2N2O6S. The molecule has 0 aliphatic rings. The van der Waals surface area contributed by atoms with E-state index in [1.807, 2.05) is 0 Å². The van der Waals surface area contributed by atoms with E-state index in [1.165, 1.54) is 38.0 Å². The van der Waals surface area contributed by atoms with Gasteiger partial charge in [0.25, 0.3) is 5.91 Å². The zero-order valence-corrected chi connectivity index (χ0v) is 19.7. The molecule has 0 radical (unpaired) electrons. The number of fused-ring (bicyclic) bond motifs is 1. The number of benzene rings is 2. The Morgan fingerprint density at radius 1 is 1.06 bits per heavy atom. The number of aromatic nitrogens is 1. The van der Waals surface area contributed by atoms with Crippen molar-refractivity contribution < 1.29 is 37.3 Å². The molecule has 0 bridgehead atoms. The lowest BCUT2D eigenvalue weighted by atomic mass is 10.1. The summed E-state index contributed by atoms with van der Waals surface area (Å²) in [5.41, 5.74) is 0.529. The number of hydrogen-bond donors (Lipinski definition) is 0. The second kappa shape index (κ2) is 10.9. The Morgan fingerprint density at radius 3 is 2.32 bits per heavy atom. The van der Waals surface area contributed by atoms with Crippen LogP contribution in [0.3, 0.4) is 0 Å². The molecule has 0 saturated carbocycles. The molecule has 11 heteroatoms. The smallest absolute Gasteiger partial charge is 0.326 e. The minimum absolute atomic E-state index is 0.0205. The van der Waals surface area contributed by atoms with Gasteiger partial charge in [-0.05, 0) is 36.8 Å². The summed E-state index contributed by atoms with van der Waals surface area (Å²) in [7, 11) is 4.41. The van der Waals surface area contributed by atoms with Gasteiger partial charge in [-0.15, -0.1) is 0 Å². The van der Waals surface area contributed by atoms with Crippen molar-refractivity contribution in [1.29, 1.82) is 0 Å². The number of ether oxygens (including phenoxy) is 4. The number of amides is 1. The Kier molecular flexibility index (Phi) is 8.00. The summed E-state index contributed by atoms with van der Waals surface area (Å²) in [5.74, 6) is -1.78. The molecule has 2 aromatic carbocycles. The molecule has 0 aliphatic carbocycles. The highest BCUT2D eigenvalue weighted by atomic mass is 32.1. The van der Waals surface area contributed by atoms with Crippen molar-refractivity contribution in [2.45, 2.75) is 13.5 Å². The first-order valence-electron chi connectivity index (χ1n) is 10.0. The standard InChI is InChI=1S/C23H22F2N2O6S/c1-5-33-20(29)12-27-21-15(25)10-14(24)11-18(21)34-23(27)26-19(28)7-6-13-8-16(30-2)22(32-4)17(9-13)31-3/h6-11H,5,12H2,1-4H3/b7-6-,26-23?. The molecule has 3 aromatic rings. The maximum Gasteiger partial charge on any atom is 0.326 e. The Bertz CT molecular complexity index is 1300. The highest BCUT2D eigenvalue weighted by Crippen LogP contribution is 2.38. The summed E-state index contributed by atoms with van der Waals surface area (Å²) >= 11 is 0.877. The molecule has 180 valence electrons. The van der Waals surface area contributed by atoms with E-state index in [9.17, 15) is 18.4 Å². The maximum atomic E-state index is 14.5. The first-order chi connectivity index (χ1) is 16.3. The second-order valence-electron chi connectivity index (χ2n) is 6.75. The fourth-order valence-electron chi connectivity index (χ4n) is 3.19. The zero-order valence-electron chi connectivity index (χ0n) is 18.9.